The SMILES string of the molecule is O=C(O)c1ccc(N=Nc2ccc(CCc3ccc(N=Nc4ccc(C(=O)O)cc4O)cc3S(=O)(=O)O)c(S(=O)(=O)O)c2)c(O)c1. The van der Waals surface area contributed by atoms with Gasteiger partial charge in [0.1, 0.15) is 22.9 Å². The van der Waals surface area contributed by atoms with E-state index in [0.717, 1.165) is 24.3 Å². The number of rotatable bonds is 11. The van der Waals surface area contributed by atoms with Crippen LogP contribution in [-0.2, 0) is 33.1 Å². The van der Waals surface area contributed by atoms with Crippen LogP contribution in [0.1, 0.15) is 31.8 Å². The van der Waals surface area contributed by atoms with Crippen LogP contribution in [0.2, 0.25) is 0 Å². The van der Waals surface area contributed by atoms with Crippen LogP contribution >= 0.6 is 0 Å². The zero-order valence-corrected chi connectivity index (χ0v) is 24.7. The number of phenols is 2. The van der Waals surface area contributed by atoms with Crippen LogP contribution in [0, 0.1) is 0 Å². The first-order chi connectivity index (χ1) is 21.5. The molecule has 4 rings (SSSR count). The minimum absolute atomic E-state index is 0.0560. The number of carboxylic acid groups (broad SMARTS) is 2. The summed E-state index contributed by atoms with van der Waals surface area (Å²) in [6, 6.07) is 13.8. The summed E-state index contributed by atoms with van der Waals surface area (Å²) in [5.74, 6) is -3.55. The van der Waals surface area contributed by atoms with Crippen LogP contribution in [0.3, 0.4) is 0 Å². The number of aryl methyl sites for hydroxylation is 2. The van der Waals surface area contributed by atoms with Crippen molar-refractivity contribution in [2.24, 2.45) is 20.5 Å². The van der Waals surface area contributed by atoms with Gasteiger partial charge in [0.15, 0.2) is 0 Å². The van der Waals surface area contributed by atoms with Crippen molar-refractivity contribution in [3.8, 4) is 11.5 Å². The average molecular weight is 671 g/mol. The fraction of sp³-hybridized carbons (Fsp3) is 0.0714. The molecule has 0 unspecified atom stereocenters. The maximum Gasteiger partial charge on any atom is 0.335 e. The Hall–Kier alpha value is -5.56. The third kappa shape index (κ3) is 8.12. The van der Waals surface area contributed by atoms with Gasteiger partial charge in [-0.3, -0.25) is 9.11 Å². The molecule has 0 aliphatic rings. The number of phenolic OH excluding ortho intramolecular Hbond substituents is 2. The number of nitrogens with zero attached hydrogens (tertiary/aromatic N) is 4. The van der Waals surface area contributed by atoms with Gasteiger partial charge in [0.2, 0.25) is 0 Å². The van der Waals surface area contributed by atoms with Gasteiger partial charge in [-0.05, 0) is 84.6 Å². The first-order valence-electron chi connectivity index (χ1n) is 12.7. The van der Waals surface area contributed by atoms with Crippen LogP contribution < -0.4 is 0 Å². The van der Waals surface area contributed by atoms with Gasteiger partial charge in [-0.1, -0.05) is 12.1 Å². The van der Waals surface area contributed by atoms with Gasteiger partial charge in [0, 0.05) is 0 Å². The maximum absolute atomic E-state index is 12.2. The van der Waals surface area contributed by atoms with Crippen molar-refractivity contribution in [2.45, 2.75) is 22.6 Å². The molecule has 4 aromatic carbocycles. The molecule has 0 atom stereocenters. The summed E-state index contributed by atoms with van der Waals surface area (Å²) in [6.45, 7) is 0. The predicted octanol–water partition coefficient (Wildman–Crippen LogP) is 5.60. The molecule has 0 aromatic heterocycles. The predicted molar refractivity (Wildman–Crippen MR) is 158 cm³/mol. The number of aromatic carboxylic acids is 2. The van der Waals surface area contributed by atoms with Crippen molar-refractivity contribution in [3.63, 3.8) is 0 Å². The number of carboxylic acids is 2. The molecular weight excluding hydrogens is 648 g/mol. The number of carbonyl (C=O) groups is 2. The van der Waals surface area contributed by atoms with Crippen molar-refractivity contribution in [1.82, 2.24) is 0 Å². The third-order valence-electron chi connectivity index (χ3n) is 6.31. The summed E-state index contributed by atoms with van der Waals surface area (Å²) in [7, 11) is -9.64. The van der Waals surface area contributed by atoms with E-state index in [1.807, 2.05) is 0 Å². The molecule has 0 bridgehead atoms. The fourth-order valence-electron chi connectivity index (χ4n) is 4.08. The van der Waals surface area contributed by atoms with Crippen LogP contribution in [0.4, 0.5) is 22.7 Å². The van der Waals surface area contributed by atoms with Gasteiger partial charge >= 0.3 is 11.9 Å². The molecular formula is C28H22N4O12S2. The Morgan fingerprint density at radius 1 is 0.543 bits per heavy atom. The van der Waals surface area contributed by atoms with E-state index in [9.17, 15) is 45.7 Å². The zero-order chi connectivity index (χ0) is 33.8. The summed E-state index contributed by atoms with van der Waals surface area (Å²) in [4.78, 5) is 20.9. The molecule has 18 heteroatoms. The maximum atomic E-state index is 12.2. The lowest BCUT2D eigenvalue weighted by molar-refractivity contribution is 0.0686. The van der Waals surface area contributed by atoms with Gasteiger partial charge in [0.25, 0.3) is 20.2 Å². The van der Waals surface area contributed by atoms with Crippen molar-refractivity contribution >= 4 is 54.9 Å². The lowest BCUT2D eigenvalue weighted by atomic mass is 10.0. The molecule has 238 valence electrons. The summed E-state index contributed by atoms with van der Waals surface area (Å²) >= 11 is 0. The summed E-state index contributed by atoms with van der Waals surface area (Å²) in [6.07, 6.45) is -0.283. The molecule has 0 heterocycles. The monoisotopic (exact) mass is 670 g/mol. The molecule has 0 aliphatic heterocycles. The number of hydrogen-bond acceptors (Lipinski definition) is 12. The Morgan fingerprint density at radius 2 is 0.913 bits per heavy atom. The summed E-state index contributed by atoms with van der Waals surface area (Å²) in [5, 5.41) is 53.2. The van der Waals surface area contributed by atoms with E-state index < -0.39 is 53.5 Å². The molecule has 0 fully saturated rings. The van der Waals surface area contributed by atoms with Gasteiger partial charge < -0.3 is 20.4 Å². The Bertz CT molecular complexity index is 1990. The summed E-state index contributed by atoms with van der Waals surface area (Å²) < 4.78 is 68.3. The average Bonchev–Trinajstić information content (AvgIpc) is 2.98. The van der Waals surface area contributed by atoms with Crippen LogP contribution in [0.5, 0.6) is 11.5 Å². The van der Waals surface area contributed by atoms with E-state index in [0.29, 0.717) is 0 Å². The Balaban J connectivity index is 1.59. The van der Waals surface area contributed by atoms with Crippen molar-refractivity contribution < 1.29 is 56.0 Å². The fourth-order valence-corrected chi connectivity index (χ4v) is 5.62. The van der Waals surface area contributed by atoms with E-state index in [-0.39, 0.29) is 57.8 Å². The molecule has 4 aromatic rings. The molecule has 46 heavy (non-hydrogen) atoms. The van der Waals surface area contributed by atoms with E-state index in [2.05, 4.69) is 20.5 Å². The molecule has 0 spiro atoms. The van der Waals surface area contributed by atoms with E-state index in [4.69, 9.17) is 10.2 Å². The lowest BCUT2D eigenvalue weighted by Crippen LogP contribution is -2.07. The number of hydrogen-bond donors (Lipinski definition) is 6. The standard InChI is InChI=1S/C28H22N4O12S2/c33-23-11-17(27(35)36)5-9-21(23)31-29-19-7-3-15(25(13-19)45(39,40)41)1-2-16-4-8-20(14-26(16)46(42,43)44)30-32-22-10-6-18(28(37)38)12-24(22)34/h3-14,33-34H,1-2H2,(H,35,36)(H,37,38)(H,39,40,41)(H,42,43,44). The zero-order valence-electron chi connectivity index (χ0n) is 23.1. The summed E-state index contributed by atoms with van der Waals surface area (Å²) in [5.41, 5.74) is -0.635. The molecule has 0 saturated heterocycles. The van der Waals surface area contributed by atoms with Crippen LogP contribution in [0.25, 0.3) is 0 Å². The van der Waals surface area contributed by atoms with Gasteiger partial charge in [-0.15, -0.1) is 10.2 Å². The van der Waals surface area contributed by atoms with Crippen molar-refractivity contribution in [1.29, 1.82) is 0 Å². The van der Waals surface area contributed by atoms with E-state index in [1.165, 1.54) is 48.5 Å². The highest BCUT2D eigenvalue weighted by Crippen LogP contribution is 2.33. The normalized spacial score (nSPS) is 12.1. The van der Waals surface area contributed by atoms with Gasteiger partial charge in [-0.2, -0.15) is 27.1 Å². The molecule has 16 nitrogen and oxygen atoms in total. The number of aromatic hydroxyl groups is 2. The van der Waals surface area contributed by atoms with E-state index >= 15 is 0 Å². The molecule has 0 aliphatic carbocycles. The highest BCUT2D eigenvalue weighted by Gasteiger charge is 2.20. The highest BCUT2D eigenvalue weighted by atomic mass is 32.2. The number of azo groups is 2. The number of benzene rings is 4. The second-order valence-corrected chi connectivity index (χ2v) is 12.2. The van der Waals surface area contributed by atoms with Crippen molar-refractivity contribution in [3.05, 3.63) is 95.1 Å². The topological polar surface area (TPSA) is 273 Å². The minimum Gasteiger partial charge on any atom is -0.506 e. The van der Waals surface area contributed by atoms with E-state index in [1.54, 1.807) is 0 Å². The van der Waals surface area contributed by atoms with Crippen molar-refractivity contribution in [2.75, 3.05) is 0 Å². The van der Waals surface area contributed by atoms with Crippen LogP contribution in [-0.4, -0.2) is 58.3 Å². The highest BCUT2D eigenvalue weighted by molar-refractivity contribution is 7.86. The Labute approximate surface area is 260 Å². The largest absolute Gasteiger partial charge is 0.506 e. The molecule has 0 saturated carbocycles. The third-order valence-corrected chi connectivity index (χ3v) is 8.18. The second kappa shape index (κ2) is 13.2. The molecule has 0 amide bonds. The first-order valence-corrected chi connectivity index (χ1v) is 15.6. The quantitative estimate of drug-likeness (QED) is 0.0840. The minimum atomic E-state index is -4.82. The van der Waals surface area contributed by atoms with Gasteiger partial charge in [0.05, 0.1) is 32.3 Å². The molecule has 0 radical (unpaired) electrons. The smallest absolute Gasteiger partial charge is 0.335 e. The Morgan fingerprint density at radius 3 is 1.22 bits per heavy atom. The lowest BCUT2D eigenvalue weighted by Gasteiger charge is -2.11. The van der Waals surface area contributed by atoms with Gasteiger partial charge in [-0.25, -0.2) is 9.59 Å². The molecule has 6 N–H and O–H groups in total. The van der Waals surface area contributed by atoms with Crippen LogP contribution in [0.15, 0.2) is 103 Å². The Kier molecular flexibility index (Phi) is 9.57. The second-order valence-electron chi connectivity index (χ2n) is 9.45. The first kappa shape index (κ1) is 33.3.